The summed E-state index contributed by atoms with van der Waals surface area (Å²) < 4.78 is 49.5. The van der Waals surface area contributed by atoms with Gasteiger partial charge in [-0.2, -0.15) is 0 Å². The van der Waals surface area contributed by atoms with Crippen LogP contribution in [0.2, 0.25) is 0 Å². The summed E-state index contributed by atoms with van der Waals surface area (Å²) in [7, 11) is -3.10. The summed E-state index contributed by atoms with van der Waals surface area (Å²) in [5.41, 5.74) is 0.516. The second-order valence-corrected chi connectivity index (χ2v) is 7.98. The Labute approximate surface area is 143 Å². The maximum Gasteiger partial charge on any atom is 0.270 e. The maximum absolute atomic E-state index is 13.7. The molecule has 6 nitrogen and oxygen atoms in total. The first-order valence-electron chi connectivity index (χ1n) is 7.52. The summed E-state index contributed by atoms with van der Waals surface area (Å²) in [4.78, 5) is 16.1. The van der Waals surface area contributed by atoms with Crippen molar-refractivity contribution in [2.45, 2.75) is 12.5 Å². The average Bonchev–Trinajstić information content (AvgIpc) is 2.89. The van der Waals surface area contributed by atoms with E-state index in [9.17, 15) is 22.0 Å². The van der Waals surface area contributed by atoms with Crippen LogP contribution in [0.4, 0.5) is 20.2 Å². The number of aromatic nitrogens is 1. The van der Waals surface area contributed by atoms with E-state index in [0.717, 1.165) is 12.1 Å². The van der Waals surface area contributed by atoms with Gasteiger partial charge in [-0.15, -0.1) is 0 Å². The number of carbonyl (C=O) groups excluding carboxylic acids is 1. The number of amides is 1. The van der Waals surface area contributed by atoms with E-state index in [1.165, 1.54) is 24.4 Å². The smallest absolute Gasteiger partial charge is 0.270 e. The van der Waals surface area contributed by atoms with Crippen LogP contribution < -0.4 is 10.6 Å². The van der Waals surface area contributed by atoms with Crippen LogP contribution in [0, 0.1) is 11.6 Å². The standard InChI is InChI=1S/C16H15F2N3O3S/c17-10-1-2-14(13(18)7-10)20-11-3-5-19-15(8-11)16(22)21-12-4-6-25(23,24)9-12/h1-3,5,7-8,12H,4,6,9H2,(H,19,20)(H,21,22). The van der Waals surface area contributed by atoms with E-state index >= 15 is 0 Å². The Morgan fingerprint density at radius 3 is 2.68 bits per heavy atom. The van der Waals surface area contributed by atoms with Crippen LogP contribution in [0.5, 0.6) is 0 Å². The van der Waals surface area contributed by atoms with Crippen LogP contribution in [-0.2, 0) is 9.84 Å². The van der Waals surface area contributed by atoms with Crippen molar-refractivity contribution in [3.63, 3.8) is 0 Å². The molecule has 1 atom stereocenters. The lowest BCUT2D eigenvalue weighted by Crippen LogP contribution is -2.36. The number of hydrogen-bond acceptors (Lipinski definition) is 5. The molecule has 1 aromatic heterocycles. The highest BCUT2D eigenvalue weighted by Gasteiger charge is 2.29. The lowest BCUT2D eigenvalue weighted by Gasteiger charge is -2.12. The van der Waals surface area contributed by atoms with Crippen molar-refractivity contribution in [2.24, 2.45) is 0 Å². The zero-order chi connectivity index (χ0) is 18.0. The first-order chi connectivity index (χ1) is 11.8. The normalized spacial score (nSPS) is 18.7. The van der Waals surface area contributed by atoms with E-state index in [2.05, 4.69) is 15.6 Å². The first kappa shape index (κ1) is 17.3. The van der Waals surface area contributed by atoms with Gasteiger partial charge in [-0.05, 0) is 30.7 Å². The number of nitrogens with one attached hydrogen (secondary N) is 2. The minimum absolute atomic E-state index is 0.0524. The third-order valence-electron chi connectivity index (χ3n) is 3.77. The SMILES string of the molecule is O=C(NC1CCS(=O)(=O)C1)c1cc(Nc2ccc(F)cc2F)ccn1. The maximum atomic E-state index is 13.7. The number of benzene rings is 1. The lowest BCUT2D eigenvalue weighted by molar-refractivity contribution is 0.0936. The van der Waals surface area contributed by atoms with Gasteiger partial charge in [0, 0.05) is 24.0 Å². The van der Waals surface area contributed by atoms with Crippen LogP contribution in [0.25, 0.3) is 0 Å². The van der Waals surface area contributed by atoms with Gasteiger partial charge in [0.05, 0.1) is 17.2 Å². The van der Waals surface area contributed by atoms with Gasteiger partial charge in [0.1, 0.15) is 17.3 Å². The van der Waals surface area contributed by atoms with E-state index in [1.54, 1.807) is 0 Å². The van der Waals surface area contributed by atoms with Crippen molar-refractivity contribution >= 4 is 27.1 Å². The summed E-state index contributed by atoms with van der Waals surface area (Å²) >= 11 is 0. The van der Waals surface area contributed by atoms with Crippen molar-refractivity contribution in [1.29, 1.82) is 0 Å². The average molecular weight is 367 g/mol. The highest BCUT2D eigenvalue weighted by Crippen LogP contribution is 2.21. The molecule has 0 saturated carbocycles. The number of carbonyl (C=O) groups is 1. The fraction of sp³-hybridized carbons (Fsp3) is 0.250. The second kappa shape index (κ2) is 6.75. The van der Waals surface area contributed by atoms with Gasteiger partial charge in [-0.3, -0.25) is 9.78 Å². The van der Waals surface area contributed by atoms with E-state index < -0.39 is 33.4 Å². The molecule has 1 aliphatic heterocycles. The Balaban J connectivity index is 1.71. The molecule has 1 aromatic carbocycles. The molecule has 3 rings (SSSR count). The number of halogens is 2. The van der Waals surface area contributed by atoms with Crippen molar-refractivity contribution in [1.82, 2.24) is 10.3 Å². The van der Waals surface area contributed by atoms with Crippen molar-refractivity contribution in [2.75, 3.05) is 16.8 Å². The molecule has 1 fully saturated rings. The summed E-state index contributed by atoms with van der Waals surface area (Å²) in [5, 5.41) is 5.37. The van der Waals surface area contributed by atoms with Gasteiger partial charge < -0.3 is 10.6 Å². The zero-order valence-corrected chi connectivity index (χ0v) is 13.8. The molecule has 0 aliphatic carbocycles. The van der Waals surface area contributed by atoms with Gasteiger partial charge in [0.15, 0.2) is 9.84 Å². The molecule has 2 heterocycles. The van der Waals surface area contributed by atoms with E-state index in [0.29, 0.717) is 12.1 Å². The van der Waals surface area contributed by atoms with Crippen LogP contribution in [0.3, 0.4) is 0 Å². The number of pyridine rings is 1. The van der Waals surface area contributed by atoms with E-state index in [1.807, 2.05) is 0 Å². The third-order valence-corrected chi connectivity index (χ3v) is 5.54. The molecular formula is C16H15F2N3O3S. The Morgan fingerprint density at radius 1 is 1.20 bits per heavy atom. The molecule has 0 spiro atoms. The van der Waals surface area contributed by atoms with Crippen molar-refractivity contribution in [3.8, 4) is 0 Å². The molecule has 1 aliphatic rings. The fourth-order valence-corrected chi connectivity index (χ4v) is 4.22. The second-order valence-electron chi connectivity index (χ2n) is 5.75. The summed E-state index contributed by atoms with van der Waals surface area (Å²) in [5.74, 6) is -2.00. The fourth-order valence-electron chi connectivity index (χ4n) is 2.55. The predicted molar refractivity (Wildman–Crippen MR) is 88.4 cm³/mol. The highest BCUT2D eigenvalue weighted by molar-refractivity contribution is 7.91. The first-order valence-corrected chi connectivity index (χ1v) is 9.34. The van der Waals surface area contributed by atoms with Gasteiger partial charge in [0.25, 0.3) is 5.91 Å². The Morgan fingerprint density at radius 2 is 2.00 bits per heavy atom. The molecule has 9 heteroatoms. The van der Waals surface area contributed by atoms with Gasteiger partial charge in [-0.1, -0.05) is 0 Å². The number of anilines is 2. The topological polar surface area (TPSA) is 88.2 Å². The zero-order valence-electron chi connectivity index (χ0n) is 13.0. The number of nitrogens with zero attached hydrogens (tertiary/aromatic N) is 1. The largest absolute Gasteiger partial charge is 0.353 e. The summed E-state index contributed by atoms with van der Waals surface area (Å²) in [6.45, 7) is 0. The molecule has 1 unspecified atom stereocenters. The minimum atomic E-state index is -3.10. The van der Waals surface area contributed by atoms with E-state index in [-0.39, 0.29) is 22.9 Å². The molecule has 2 aromatic rings. The Hall–Kier alpha value is -2.55. The van der Waals surface area contributed by atoms with Crippen molar-refractivity contribution < 1.29 is 22.0 Å². The quantitative estimate of drug-likeness (QED) is 0.863. The monoisotopic (exact) mass is 367 g/mol. The minimum Gasteiger partial charge on any atom is -0.353 e. The predicted octanol–water partition coefficient (Wildman–Crippen LogP) is 2.02. The number of rotatable bonds is 4. The Kier molecular flexibility index (Phi) is 4.67. The molecule has 0 bridgehead atoms. The van der Waals surface area contributed by atoms with Gasteiger partial charge in [0.2, 0.25) is 0 Å². The van der Waals surface area contributed by atoms with Crippen molar-refractivity contribution in [3.05, 3.63) is 53.9 Å². The van der Waals surface area contributed by atoms with Crippen LogP contribution in [0.15, 0.2) is 36.5 Å². The van der Waals surface area contributed by atoms with Crippen LogP contribution in [-0.4, -0.2) is 36.9 Å². The van der Waals surface area contributed by atoms with Gasteiger partial charge in [-0.25, -0.2) is 17.2 Å². The number of sulfone groups is 1. The molecule has 25 heavy (non-hydrogen) atoms. The summed E-state index contributed by atoms with van der Waals surface area (Å²) in [6, 6.07) is 5.60. The molecule has 1 saturated heterocycles. The third kappa shape index (κ3) is 4.30. The molecule has 1 amide bonds. The summed E-state index contributed by atoms with van der Waals surface area (Å²) in [6.07, 6.45) is 1.73. The van der Waals surface area contributed by atoms with Crippen LogP contribution >= 0.6 is 0 Å². The molecule has 0 radical (unpaired) electrons. The van der Waals surface area contributed by atoms with E-state index in [4.69, 9.17) is 0 Å². The molecule has 132 valence electrons. The van der Waals surface area contributed by atoms with Gasteiger partial charge >= 0.3 is 0 Å². The van der Waals surface area contributed by atoms with Crippen LogP contribution in [0.1, 0.15) is 16.9 Å². The highest BCUT2D eigenvalue weighted by atomic mass is 32.2. The number of hydrogen-bond donors (Lipinski definition) is 2. The molecular weight excluding hydrogens is 352 g/mol. The lowest BCUT2D eigenvalue weighted by atomic mass is 10.2. The molecule has 2 N–H and O–H groups in total. The Bertz CT molecular complexity index is 919.